The van der Waals surface area contributed by atoms with E-state index in [-0.39, 0.29) is 41.2 Å². The van der Waals surface area contributed by atoms with E-state index >= 15 is 0 Å². The summed E-state index contributed by atoms with van der Waals surface area (Å²) in [7, 11) is -1.36. The van der Waals surface area contributed by atoms with Gasteiger partial charge in [0, 0.05) is 18.7 Å². The number of hydrogen-bond acceptors (Lipinski definition) is 6. The van der Waals surface area contributed by atoms with E-state index in [9.17, 15) is 22.4 Å². The van der Waals surface area contributed by atoms with Crippen LogP contribution in [0.5, 0.6) is 11.5 Å². The van der Waals surface area contributed by atoms with Crippen molar-refractivity contribution in [3.8, 4) is 11.5 Å². The minimum absolute atomic E-state index is 0.0164. The molecule has 3 aromatic carbocycles. The third-order valence-electron chi connectivity index (χ3n) is 6.35. The van der Waals surface area contributed by atoms with Crippen molar-refractivity contribution in [1.29, 1.82) is 0 Å². The Balaban J connectivity index is 2.10. The lowest BCUT2D eigenvalue weighted by Crippen LogP contribution is -2.53. The Morgan fingerprint density at radius 3 is 2.12 bits per heavy atom. The van der Waals surface area contributed by atoms with E-state index in [0.29, 0.717) is 11.3 Å². The first-order chi connectivity index (χ1) is 19.5. The number of amides is 2. The second-order valence-corrected chi connectivity index (χ2v) is 11.5. The molecule has 0 saturated carbocycles. The lowest BCUT2D eigenvalue weighted by atomic mass is 10.1. The zero-order valence-corrected chi connectivity index (χ0v) is 24.7. The molecule has 0 heterocycles. The van der Waals surface area contributed by atoms with Gasteiger partial charge in [-0.05, 0) is 62.2 Å². The van der Waals surface area contributed by atoms with Gasteiger partial charge in [0.05, 0.1) is 24.8 Å². The topological polar surface area (TPSA) is 105 Å². The molecule has 2 amide bonds. The number of halogens is 1. The van der Waals surface area contributed by atoms with Crippen LogP contribution in [0, 0.1) is 5.82 Å². The normalized spacial score (nSPS) is 12.0. The third-order valence-corrected chi connectivity index (χ3v) is 8.14. The van der Waals surface area contributed by atoms with Crippen LogP contribution in [0.1, 0.15) is 32.8 Å². The van der Waals surface area contributed by atoms with E-state index in [1.54, 1.807) is 31.2 Å². The van der Waals surface area contributed by atoms with E-state index < -0.39 is 34.3 Å². The standard InChI is InChI=1S/C30H36FN3O6S/c1-6-26(30(36)32-21(2)3)33(19-22-12-14-23(31)15-13-22)29(35)20-34(41(37,38)25-10-8-7-9-11-25)24-16-17-27(39-4)28(18-24)40-5/h7-18,21,26H,6,19-20H2,1-5H3,(H,32,36). The molecular weight excluding hydrogens is 549 g/mol. The van der Waals surface area contributed by atoms with E-state index in [1.165, 1.54) is 67.7 Å². The van der Waals surface area contributed by atoms with E-state index in [0.717, 1.165) is 4.31 Å². The predicted octanol–water partition coefficient (Wildman–Crippen LogP) is 4.37. The van der Waals surface area contributed by atoms with Gasteiger partial charge in [-0.2, -0.15) is 0 Å². The first-order valence-electron chi connectivity index (χ1n) is 13.2. The summed E-state index contributed by atoms with van der Waals surface area (Å²) in [5.41, 5.74) is 0.750. The Hall–Kier alpha value is -4.12. The quantitative estimate of drug-likeness (QED) is 0.320. The summed E-state index contributed by atoms with van der Waals surface area (Å²) >= 11 is 0. The highest BCUT2D eigenvalue weighted by molar-refractivity contribution is 7.92. The molecule has 0 aromatic heterocycles. The molecule has 11 heteroatoms. The van der Waals surface area contributed by atoms with Crippen LogP contribution in [0.2, 0.25) is 0 Å². The van der Waals surface area contributed by atoms with Crippen LogP contribution in [0.3, 0.4) is 0 Å². The summed E-state index contributed by atoms with van der Waals surface area (Å²) in [6.07, 6.45) is 0.271. The minimum atomic E-state index is -4.24. The highest BCUT2D eigenvalue weighted by atomic mass is 32.2. The van der Waals surface area contributed by atoms with Gasteiger partial charge in [0.2, 0.25) is 11.8 Å². The molecule has 220 valence electrons. The smallest absolute Gasteiger partial charge is 0.264 e. The Kier molecular flexibility index (Phi) is 10.7. The largest absolute Gasteiger partial charge is 0.493 e. The summed E-state index contributed by atoms with van der Waals surface area (Å²) in [6, 6.07) is 16.8. The maximum atomic E-state index is 14.1. The number of anilines is 1. The van der Waals surface area contributed by atoms with E-state index in [4.69, 9.17) is 9.47 Å². The monoisotopic (exact) mass is 585 g/mol. The van der Waals surface area contributed by atoms with Gasteiger partial charge in [-0.3, -0.25) is 13.9 Å². The van der Waals surface area contributed by atoms with Crippen molar-refractivity contribution in [2.24, 2.45) is 0 Å². The first-order valence-corrected chi connectivity index (χ1v) is 14.6. The number of nitrogens with zero attached hydrogens (tertiary/aromatic N) is 2. The minimum Gasteiger partial charge on any atom is -0.493 e. The molecule has 0 saturated heterocycles. The molecule has 0 aliphatic rings. The van der Waals surface area contributed by atoms with Crippen LogP contribution in [-0.4, -0.2) is 58.0 Å². The highest BCUT2D eigenvalue weighted by Gasteiger charge is 2.34. The maximum absolute atomic E-state index is 14.1. The van der Waals surface area contributed by atoms with Gasteiger partial charge in [-0.15, -0.1) is 0 Å². The van der Waals surface area contributed by atoms with Crippen LogP contribution < -0.4 is 19.1 Å². The number of hydrogen-bond donors (Lipinski definition) is 1. The SMILES string of the molecule is CCC(C(=O)NC(C)C)N(Cc1ccc(F)cc1)C(=O)CN(c1ccc(OC)c(OC)c1)S(=O)(=O)c1ccccc1. The van der Waals surface area contributed by atoms with Crippen molar-refractivity contribution >= 4 is 27.5 Å². The van der Waals surface area contributed by atoms with Crippen LogP contribution in [-0.2, 0) is 26.2 Å². The van der Waals surface area contributed by atoms with Gasteiger partial charge < -0.3 is 19.7 Å². The zero-order chi connectivity index (χ0) is 30.2. The number of ether oxygens (including phenoxy) is 2. The lowest BCUT2D eigenvalue weighted by molar-refractivity contribution is -0.140. The Morgan fingerprint density at radius 1 is 0.927 bits per heavy atom. The Morgan fingerprint density at radius 2 is 1.56 bits per heavy atom. The molecule has 3 rings (SSSR count). The maximum Gasteiger partial charge on any atom is 0.264 e. The summed E-state index contributed by atoms with van der Waals surface area (Å²) in [4.78, 5) is 28.5. The second-order valence-electron chi connectivity index (χ2n) is 9.60. The molecule has 1 atom stereocenters. The van der Waals surface area contributed by atoms with Crippen molar-refractivity contribution < 1.29 is 31.9 Å². The second kappa shape index (κ2) is 14.0. The zero-order valence-electron chi connectivity index (χ0n) is 23.8. The van der Waals surface area contributed by atoms with Crippen molar-refractivity contribution in [3.63, 3.8) is 0 Å². The number of rotatable bonds is 13. The molecule has 1 N–H and O–H groups in total. The van der Waals surface area contributed by atoms with Crippen molar-refractivity contribution in [3.05, 3.63) is 84.2 Å². The van der Waals surface area contributed by atoms with Gasteiger partial charge in [-0.1, -0.05) is 37.3 Å². The van der Waals surface area contributed by atoms with Crippen LogP contribution >= 0.6 is 0 Å². The Labute approximate surface area is 240 Å². The van der Waals surface area contributed by atoms with Crippen LogP contribution in [0.15, 0.2) is 77.7 Å². The van der Waals surface area contributed by atoms with Crippen molar-refractivity contribution in [1.82, 2.24) is 10.2 Å². The summed E-state index contributed by atoms with van der Waals surface area (Å²) < 4.78 is 53.1. The lowest BCUT2D eigenvalue weighted by Gasteiger charge is -2.33. The van der Waals surface area contributed by atoms with Gasteiger partial charge in [0.15, 0.2) is 11.5 Å². The predicted molar refractivity (Wildman–Crippen MR) is 155 cm³/mol. The fraction of sp³-hybridized carbons (Fsp3) is 0.333. The number of methoxy groups -OCH3 is 2. The van der Waals surface area contributed by atoms with Gasteiger partial charge >= 0.3 is 0 Å². The molecule has 41 heavy (non-hydrogen) atoms. The molecule has 0 spiro atoms. The number of nitrogens with one attached hydrogen (secondary N) is 1. The average Bonchev–Trinajstić information content (AvgIpc) is 2.96. The summed E-state index contributed by atoms with van der Waals surface area (Å²) in [5, 5.41) is 2.84. The fourth-order valence-corrected chi connectivity index (χ4v) is 5.74. The number of benzene rings is 3. The fourth-order valence-electron chi connectivity index (χ4n) is 4.32. The van der Waals surface area contributed by atoms with Gasteiger partial charge in [0.1, 0.15) is 18.4 Å². The van der Waals surface area contributed by atoms with Crippen LogP contribution in [0.25, 0.3) is 0 Å². The molecule has 3 aromatic rings. The molecule has 0 radical (unpaired) electrons. The van der Waals surface area contributed by atoms with Gasteiger partial charge in [-0.25, -0.2) is 12.8 Å². The molecular formula is C30H36FN3O6S. The first kappa shape index (κ1) is 31.4. The van der Waals surface area contributed by atoms with E-state index in [1.807, 2.05) is 13.8 Å². The number of sulfonamides is 1. The molecule has 0 fully saturated rings. The number of carbonyl (C=O) groups is 2. The van der Waals surface area contributed by atoms with Crippen molar-refractivity contribution in [2.75, 3.05) is 25.1 Å². The number of carbonyl (C=O) groups excluding carboxylic acids is 2. The molecule has 1 unspecified atom stereocenters. The summed E-state index contributed by atoms with van der Waals surface area (Å²) in [5.74, 6) is -0.772. The molecule has 9 nitrogen and oxygen atoms in total. The van der Waals surface area contributed by atoms with Crippen molar-refractivity contribution in [2.45, 2.75) is 50.7 Å². The highest BCUT2D eigenvalue weighted by Crippen LogP contribution is 2.34. The van der Waals surface area contributed by atoms with Crippen LogP contribution in [0.4, 0.5) is 10.1 Å². The molecule has 0 bridgehead atoms. The Bertz CT molecular complexity index is 1430. The molecule has 0 aliphatic heterocycles. The van der Waals surface area contributed by atoms with E-state index in [2.05, 4.69) is 5.32 Å². The third kappa shape index (κ3) is 7.75. The summed E-state index contributed by atoms with van der Waals surface area (Å²) in [6.45, 7) is 4.74. The van der Waals surface area contributed by atoms with Gasteiger partial charge in [0.25, 0.3) is 10.0 Å². The molecule has 0 aliphatic carbocycles. The average molecular weight is 586 g/mol.